The smallest absolute Gasteiger partial charge is 0.274 e. The summed E-state index contributed by atoms with van der Waals surface area (Å²) in [5, 5.41) is 4.61. The fourth-order valence-corrected chi connectivity index (χ4v) is 3.49. The summed E-state index contributed by atoms with van der Waals surface area (Å²) in [6.07, 6.45) is 3.14. The Morgan fingerprint density at radius 1 is 1.15 bits per heavy atom. The van der Waals surface area contributed by atoms with Gasteiger partial charge >= 0.3 is 0 Å². The van der Waals surface area contributed by atoms with Crippen LogP contribution >= 0.6 is 0 Å². The molecule has 1 saturated heterocycles. The molecule has 3 aromatic rings. The van der Waals surface area contributed by atoms with Gasteiger partial charge in [0.05, 0.1) is 23.3 Å². The molecule has 1 amide bonds. The maximum absolute atomic E-state index is 12.8. The topological polar surface area (TPSA) is 90.1 Å². The molecule has 1 aliphatic heterocycles. The quantitative estimate of drug-likeness (QED) is 0.675. The monoisotopic (exact) mass is 365 g/mol. The first kappa shape index (κ1) is 17.1. The van der Waals surface area contributed by atoms with Crippen molar-refractivity contribution in [3.05, 3.63) is 69.1 Å². The number of hydrogen-bond donors (Lipinski definition) is 0. The SMILES string of the molecule is Cn1nc(C(=O)N2CCCC(n3cnc4ccccc4c3=O)C2)ccc1=O. The third-order valence-corrected chi connectivity index (χ3v) is 4.95. The molecule has 4 rings (SSSR count). The van der Waals surface area contributed by atoms with Gasteiger partial charge in [-0.25, -0.2) is 9.67 Å². The Morgan fingerprint density at radius 3 is 2.78 bits per heavy atom. The van der Waals surface area contributed by atoms with Crippen molar-refractivity contribution >= 4 is 16.8 Å². The first-order valence-corrected chi connectivity index (χ1v) is 8.84. The molecule has 0 bridgehead atoms. The Balaban J connectivity index is 1.62. The number of carbonyl (C=O) groups is 1. The standard InChI is InChI=1S/C19H19N5O3/c1-22-17(25)9-8-16(21-22)19(27)23-10-4-5-13(11-23)24-12-20-15-7-3-2-6-14(15)18(24)26/h2-3,6-9,12-13H,4-5,10-11H2,1H3. The highest BCUT2D eigenvalue weighted by Crippen LogP contribution is 2.21. The number of aryl methyl sites for hydroxylation is 1. The van der Waals surface area contributed by atoms with Crippen LogP contribution in [0.5, 0.6) is 0 Å². The van der Waals surface area contributed by atoms with Crippen molar-refractivity contribution < 1.29 is 4.79 Å². The molecular weight excluding hydrogens is 346 g/mol. The molecule has 1 aromatic carbocycles. The van der Waals surface area contributed by atoms with E-state index in [0.29, 0.717) is 24.0 Å². The molecule has 8 nitrogen and oxygen atoms in total. The Labute approximate surface area is 154 Å². The molecule has 138 valence electrons. The molecule has 27 heavy (non-hydrogen) atoms. The van der Waals surface area contributed by atoms with Gasteiger partial charge in [-0.05, 0) is 31.0 Å². The molecule has 1 aliphatic rings. The van der Waals surface area contributed by atoms with Gasteiger partial charge in [0.1, 0.15) is 5.69 Å². The van der Waals surface area contributed by atoms with E-state index in [9.17, 15) is 14.4 Å². The van der Waals surface area contributed by atoms with Crippen LogP contribution in [0.25, 0.3) is 10.9 Å². The first-order valence-electron chi connectivity index (χ1n) is 8.84. The summed E-state index contributed by atoms with van der Waals surface area (Å²) in [5.74, 6) is -0.239. The fraction of sp³-hybridized carbons (Fsp3) is 0.316. The minimum atomic E-state index is -0.267. The van der Waals surface area contributed by atoms with Crippen LogP contribution in [0.1, 0.15) is 29.4 Å². The maximum atomic E-state index is 12.8. The molecule has 1 unspecified atom stereocenters. The largest absolute Gasteiger partial charge is 0.335 e. The van der Waals surface area contributed by atoms with E-state index in [1.165, 1.54) is 19.2 Å². The lowest BCUT2D eigenvalue weighted by molar-refractivity contribution is 0.0668. The van der Waals surface area contributed by atoms with Crippen LogP contribution in [0.3, 0.4) is 0 Å². The van der Waals surface area contributed by atoms with E-state index in [4.69, 9.17) is 0 Å². The normalized spacial score (nSPS) is 17.2. The molecule has 0 aliphatic carbocycles. The summed E-state index contributed by atoms with van der Waals surface area (Å²) in [6, 6.07) is 9.87. The van der Waals surface area contributed by atoms with Crippen LogP contribution in [0.15, 0.2) is 52.3 Å². The molecule has 0 spiro atoms. The molecule has 1 fully saturated rings. The summed E-state index contributed by atoms with van der Waals surface area (Å²) >= 11 is 0. The van der Waals surface area contributed by atoms with Gasteiger partial charge in [0.25, 0.3) is 17.0 Å². The van der Waals surface area contributed by atoms with Crippen molar-refractivity contribution in [3.8, 4) is 0 Å². The van der Waals surface area contributed by atoms with Crippen LogP contribution < -0.4 is 11.1 Å². The molecule has 2 aromatic heterocycles. The highest BCUT2D eigenvalue weighted by molar-refractivity contribution is 5.92. The van der Waals surface area contributed by atoms with Crippen LogP contribution in [0, 0.1) is 0 Å². The van der Waals surface area contributed by atoms with E-state index in [2.05, 4.69) is 10.1 Å². The Bertz CT molecular complexity index is 1130. The lowest BCUT2D eigenvalue weighted by Crippen LogP contribution is -2.43. The lowest BCUT2D eigenvalue weighted by Gasteiger charge is -2.33. The summed E-state index contributed by atoms with van der Waals surface area (Å²) in [5.41, 5.74) is 0.524. The number of amides is 1. The number of benzene rings is 1. The Morgan fingerprint density at radius 2 is 1.96 bits per heavy atom. The number of likely N-dealkylation sites (tertiary alicyclic amines) is 1. The van der Waals surface area contributed by atoms with Crippen molar-refractivity contribution in [1.29, 1.82) is 0 Å². The van der Waals surface area contributed by atoms with Gasteiger partial charge in [0.2, 0.25) is 0 Å². The van der Waals surface area contributed by atoms with Gasteiger partial charge < -0.3 is 4.90 Å². The van der Waals surface area contributed by atoms with Crippen molar-refractivity contribution in [1.82, 2.24) is 24.2 Å². The third-order valence-electron chi connectivity index (χ3n) is 4.95. The Kier molecular flexibility index (Phi) is 4.31. The van der Waals surface area contributed by atoms with E-state index in [-0.39, 0.29) is 28.8 Å². The molecular formula is C19H19N5O3. The zero-order valence-electron chi connectivity index (χ0n) is 14.9. The molecule has 1 atom stereocenters. The highest BCUT2D eigenvalue weighted by Gasteiger charge is 2.27. The third kappa shape index (κ3) is 3.14. The number of rotatable bonds is 2. The molecule has 0 saturated carbocycles. The second-order valence-electron chi connectivity index (χ2n) is 6.70. The van der Waals surface area contributed by atoms with Crippen molar-refractivity contribution in [2.45, 2.75) is 18.9 Å². The van der Waals surface area contributed by atoms with Gasteiger partial charge in [0, 0.05) is 26.2 Å². The minimum absolute atomic E-state index is 0.0971. The van der Waals surface area contributed by atoms with Crippen LogP contribution in [0.4, 0.5) is 0 Å². The zero-order valence-corrected chi connectivity index (χ0v) is 14.9. The summed E-state index contributed by atoms with van der Waals surface area (Å²) < 4.78 is 2.77. The molecule has 3 heterocycles. The summed E-state index contributed by atoms with van der Waals surface area (Å²) in [4.78, 5) is 43.1. The van der Waals surface area contributed by atoms with Crippen LogP contribution in [0.2, 0.25) is 0 Å². The maximum Gasteiger partial charge on any atom is 0.274 e. The highest BCUT2D eigenvalue weighted by atomic mass is 16.2. The second-order valence-corrected chi connectivity index (χ2v) is 6.70. The van der Waals surface area contributed by atoms with Gasteiger partial charge in [-0.1, -0.05) is 12.1 Å². The lowest BCUT2D eigenvalue weighted by atomic mass is 10.0. The van der Waals surface area contributed by atoms with Crippen molar-refractivity contribution in [2.24, 2.45) is 7.05 Å². The summed E-state index contributed by atoms with van der Waals surface area (Å²) in [7, 11) is 1.51. The number of para-hydroxylation sites is 1. The minimum Gasteiger partial charge on any atom is -0.335 e. The first-order chi connectivity index (χ1) is 13.0. The zero-order chi connectivity index (χ0) is 19.0. The number of carbonyl (C=O) groups excluding carboxylic acids is 1. The second kappa shape index (κ2) is 6.79. The van der Waals surface area contributed by atoms with Crippen molar-refractivity contribution in [2.75, 3.05) is 13.1 Å². The number of nitrogens with zero attached hydrogens (tertiary/aromatic N) is 5. The van der Waals surface area contributed by atoms with Crippen LogP contribution in [-0.2, 0) is 7.05 Å². The number of aromatic nitrogens is 4. The van der Waals surface area contributed by atoms with E-state index >= 15 is 0 Å². The number of piperidine rings is 1. The van der Waals surface area contributed by atoms with Gasteiger partial charge in [-0.3, -0.25) is 19.0 Å². The van der Waals surface area contributed by atoms with Crippen LogP contribution in [-0.4, -0.2) is 43.2 Å². The van der Waals surface area contributed by atoms with E-state index in [1.54, 1.807) is 21.9 Å². The average molecular weight is 365 g/mol. The van der Waals surface area contributed by atoms with E-state index < -0.39 is 0 Å². The van der Waals surface area contributed by atoms with Gasteiger partial charge in [-0.2, -0.15) is 5.10 Å². The molecule has 8 heteroatoms. The molecule has 0 radical (unpaired) electrons. The Hall–Kier alpha value is -3.29. The van der Waals surface area contributed by atoms with Gasteiger partial charge in [-0.15, -0.1) is 0 Å². The van der Waals surface area contributed by atoms with E-state index in [0.717, 1.165) is 17.5 Å². The predicted molar refractivity (Wildman–Crippen MR) is 99.7 cm³/mol. The van der Waals surface area contributed by atoms with Gasteiger partial charge in [0.15, 0.2) is 0 Å². The predicted octanol–water partition coefficient (Wildman–Crippen LogP) is 0.967. The van der Waals surface area contributed by atoms with Crippen molar-refractivity contribution in [3.63, 3.8) is 0 Å². The number of fused-ring (bicyclic) bond motifs is 1. The molecule has 0 N–H and O–H groups in total. The summed E-state index contributed by atoms with van der Waals surface area (Å²) in [6.45, 7) is 0.999. The number of hydrogen-bond acceptors (Lipinski definition) is 5. The average Bonchev–Trinajstić information content (AvgIpc) is 2.70. The fourth-order valence-electron chi connectivity index (χ4n) is 3.49. The van der Waals surface area contributed by atoms with E-state index in [1.807, 2.05) is 18.2 Å².